The van der Waals surface area contributed by atoms with Gasteiger partial charge in [0.15, 0.2) is 5.82 Å². The first-order chi connectivity index (χ1) is 16.9. The predicted octanol–water partition coefficient (Wildman–Crippen LogP) is 4.99. The molecule has 1 amide bonds. The number of fused-ring (bicyclic) bond motifs is 1. The van der Waals surface area contributed by atoms with Crippen LogP contribution in [0.4, 0.5) is 19.0 Å². The number of rotatable bonds is 4. The van der Waals surface area contributed by atoms with E-state index < -0.39 is 11.6 Å². The third-order valence-corrected chi connectivity index (χ3v) is 6.39. The normalized spacial score (nSPS) is 16.1. The largest absolute Gasteiger partial charge is 0.351 e. The quantitative estimate of drug-likeness (QED) is 0.416. The van der Waals surface area contributed by atoms with Crippen LogP contribution < -0.4 is 4.90 Å². The minimum absolute atomic E-state index is 0.119. The molecule has 5 nitrogen and oxygen atoms in total. The van der Waals surface area contributed by atoms with E-state index in [-0.39, 0.29) is 29.8 Å². The van der Waals surface area contributed by atoms with E-state index in [9.17, 15) is 18.0 Å². The lowest BCUT2D eigenvalue weighted by atomic mass is 10.0. The van der Waals surface area contributed by atoms with E-state index in [1.54, 1.807) is 17.0 Å². The second kappa shape index (κ2) is 9.37. The molecule has 0 radical (unpaired) electrons. The highest BCUT2D eigenvalue weighted by Crippen LogP contribution is 2.32. The van der Waals surface area contributed by atoms with Gasteiger partial charge in [0.05, 0.1) is 6.42 Å². The van der Waals surface area contributed by atoms with Gasteiger partial charge < -0.3 is 9.80 Å². The molecule has 178 valence electrons. The van der Waals surface area contributed by atoms with E-state index in [2.05, 4.69) is 15.1 Å². The van der Waals surface area contributed by atoms with E-state index in [4.69, 9.17) is 0 Å². The van der Waals surface area contributed by atoms with Crippen LogP contribution in [-0.4, -0.2) is 46.7 Å². The van der Waals surface area contributed by atoms with E-state index in [1.807, 2.05) is 31.2 Å². The molecule has 5 rings (SSSR count). The fraction of sp³-hybridized carbons (Fsp3) is 0.222. The third kappa shape index (κ3) is 4.56. The molecule has 4 aromatic rings. The Morgan fingerprint density at radius 1 is 0.914 bits per heavy atom. The Morgan fingerprint density at radius 3 is 2.34 bits per heavy atom. The van der Waals surface area contributed by atoms with E-state index in [1.165, 1.54) is 18.2 Å². The summed E-state index contributed by atoms with van der Waals surface area (Å²) in [7, 11) is 0. The van der Waals surface area contributed by atoms with Gasteiger partial charge in [-0.1, -0.05) is 30.3 Å². The number of hydrogen-bond donors (Lipinski definition) is 0. The number of halogens is 3. The average molecular weight is 477 g/mol. The molecule has 1 atom stereocenters. The number of hydrogen-bond acceptors (Lipinski definition) is 4. The SMILES string of the molecule is C[C@@H]1CN(c2nnc(-c3ccc(F)cc3)c3ccccc23)CCN1C(=O)Cc1ccc(F)cc1F. The molecule has 0 unspecified atom stereocenters. The van der Waals surface area contributed by atoms with Gasteiger partial charge in [-0.3, -0.25) is 4.79 Å². The second-order valence-corrected chi connectivity index (χ2v) is 8.72. The topological polar surface area (TPSA) is 49.3 Å². The van der Waals surface area contributed by atoms with Crippen molar-refractivity contribution in [3.05, 3.63) is 89.7 Å². The van der Waals surface area contributed by atoms with Crippen LogP contribution in [0.15, 0.2) is 66.7 Å². The summed E-state index contributed by atoms with van der Waals surface area (Å²) in [5.74, 6) is -1.18. The Morgan fingerprint density at radius 2 is 1.63 bits per heavy atom. The average Bonchev–Trinajstić information content (AvgIpc) is 2.85. The Hall–Kier alpha value is -3.94. The molecule has 0 spiro atoms. The Bertz CT molecular complexity index is 1390. The molecular weight excluding hydrogens is 453 g/mol. The highest BCUT2D eigenvalue weighted by molar-refractivity contribution is 6.00. The van der Waals surface area contributed by atoms with Crippen LogP contribution in [0.1, 0.15) is 12.5 Å². The summed E-state index contributed by atoms with van der Waals surface area (Å²) in [4.78, 5) is 16.7. The third-order valence-electron chi connectivity index (χ3n) is 6.39. The maximum Gasteiger partial charge on any atom is 0.227 e. The van der Waals surface area contributed by atoms with Gasteiger partial charge in [0.2, 0.25) is 5.91 Å². The maximum atomic E-state index is 14.0. The van der Waals surface area contributed by atoms with Crippen LogP contribution in [0, 0.1) is 17.5 Å². The summed E-state index contributed by atoms with van der Waals surface area (Å²) in [5, 5.41) is 10.8. The van der Waals surface area contributed by atoms with Gasteiger partial charge in [0, 0.05) is 48.1 Å². The molecule has 1 aliphatic heterocycles. The van der Waals surface area contributed by atoms with Crippen molar-refractivity contribution in [2.45, 2.75) is 19.4 Å². The van der Waals surface area contributed by atoms with Gasteiger partial charge in [-0.05, 0) is 42.8 Å². The number of benzene rings is 3. The smallest absolute Gasteiger partial charge is 0.227 e. The molecule has 35 heavy (non-hydrogen) atoms. The highest BCUT2D eigenvalue weighted by Gasteiger charge is 2.29. The number of amides is 1. The van der Waals surface area contributed by atoms with Gasteiger partial charge in [-0.25, -0.2) is 13.2 Å². The zero-order chi connectivity index (χ0) is 24.5. The lowest BCUT2D eigenvalue weighted by molar-refractivity contribution is -0.132. The molecule has 0 N–H and O–H groups in total. The van der Waals surface area contributed by atoms with Crippen LogP contribution in [-0.2, 0) is 11.2 Å². The van der Waals surface area contributed by atoms with E-state index in [0.717, 1.165) is 34.3 Å². The summed E-state index contributed by atoms with van der Waals surface area (Å²) < 4.78 is 40.6. The van der Waals surface area contributed by atoms with Gasteiger partial charge in [-0.15, -0.1) is 10.2 Å². The van der Waals surface area contributed by atoms with E-state index in [0.29, 0.717) is 25.3 Å². The molecular formula is C27H23F3N4O. The van der Waals surface area contributed by atoms with Crippen LogP contribution in [0.5, 0.6) is 0 Å². The molecule has 0 bridgehead atoms. The van der Waals surface area contributed by atoms with Crippen molar-refractivity contribution in [1.29, 1.82) is 0 Å². The minimum atomic E-state index is -0.715. The van der Waals surface area contributed by atoms with Crippen molar-refractivity contribution in [3.63, 3.8) is 0 Å². The number of nitrogens with zero attached hydrogens (tertiary/aromatic N) is 4. The predicted molar refractivity (Wildman–Crippen MR) is 128 cm³/mol. The van der Waals surface area contributed by atoms with Gasteiger partial charge in [0.25, 0.3) is 0 Å². The van der Waals surface area contributed by atoms with Crippen molar-refractivity contribution in [2.24, 2.45) is 0 Å². The van der Waals surface area contributed by atoms with Crippen LogP contribution in [0.2, 0.25) is 0 Å². The zero-order valence-electron chi connectivity index (χ0n) is 19.1. The van der Waals surface area contributed by atoms with Crippen LogP contribution >= 0.6 is 0 Å². The summed E-state index contributed by atoms with van der Waals surface area (Å²) in [6.07, 6.45) is -0.119. The molecule has 8 heteroatoms. The molecule has 2 heterocycles. The van der Waals surface area contributed by atoms with E-state index >= 15 is 0 Å². The van der Waals surface area contributed by atoms with Gasteiger partial charge in [-0.2, -0.15) is 0 Å². The Balaban J connectivity index is 1.37. The summed E-state index contributed by atoms with van der Waals surface area (Å²) in [6.45, 7) is 3.45. The van der Waals surface area contributed by atoms with Crippen molar-refractivity contribution >= 4 is 22.5 Å². The molecule has 1 aromatic heterocycles. The molecule has 0 saturated carbocycles. The zero-order valence-corrected chi connectivity index (χ0v) is 19.1. The van der Waals surface area contributed by atoms with Crippen LogP contribution in [0.25, 0.3) is 22.0 Å². The summed E-state index contributed by atoms with van der Waals surface area (Å²) >= 11 is 0. The maximum absolute atomic E-state index is 14.0. The molecule has 1 fully saturated rings. The summed E-state index contributed by atoms with van der Waals surface area (Å²) in [6, 6.07) is 17.1. The van der Waals surface area contributed by atoms with Crippen molar-refractivity contribution in [1.82, 2.24) is 15.1 Å². The second-order valence-electron chi connectivity index (χ2n) is 8.72. The minimum Gasteiger partial charge on any atom is -0.351 e. The lowest BCUT2D eigenvalue weighted by Crippen LogP contribution is -2.54. The van der Waals surface area contributed by atoms with Crippen molar-refractivity contribution < 1.29 is 18.0 Å². The molecule has 3 aromatic carbocycles. The lowest BCUT2D eigenvalue weighted by Gasteiger charge is -2.40. The fourth-order valence-electron chi connectivity index (χ4n) is 4.59. The first-order valence-electron chi connectivity index (χ1n) is 11.4. The number of carbonyl (C=O) groups is 1. The monoisotopic (exact) mass is 476 g/mol. The fourth-order valence-corrected chi connectivity index (χ4v) is 4.59. The van der Waals surface area contributed by atoms with Crippen molar-refractivity contribution in [2.75, 3.05) is 24.5 Å². The Kier molecular flexibility index (Phi) is 6.11. The van der Waals surface area contributed by atoms with Gasteiger partial charge >= 0.3 is 0 Å². The number of piperazine rings is 1. The van der Waals surface area contributed by atoms with Crippen LogP contribution in [0.3, 0.4) is 0 Å². The number of anilines is 1. The number of aromatic nitrogens is 2. The number of carbonyl (C=O) groups excluding carboxylic acids is 1. The Labute approximate surface area is 200 Å². The highest BCUT2D eigenvalue weighted by atomic mass is 19.1. The molecule has 0 aliphatic carbocycles. The summed E-state index contributed by atoms with van der Waals surface area (Å²) in [5.41, 5.74) is 1.63. The first-order valence-corrected chi connectivity index (χ1v) is 11.4. The molecule has 1 aliphatic rings. The standard InChI is InChI=1S/C27H23F3N4O/c1-17-16-33(12-13-34(17)25(35)14-19-8-11-21(29)15-24(19)30)27-23-5-3-2-4-22(23)26(31-32-27)18-6-9-20(28)10-7-18/h2-11,15,17H,12-14,16H2,1H3/t17-/m1/s1. The van der Waals surface area contributed by atoms with Gasteiger partial charge in [0.1, 0.15) is 23.1 Å². The van der Waals surface area contributed by atoms with Crippen molar-refractivity contribution in [3.8, 4) is 11.3 Å². The first kappa shape index (κ1) is 22.8. The molecule has 1 saturated heterocycles.